The van der Waals surface area contributed by atoms with Gasteiger partial charge >= 0.3 is 0 Å². The Kier molecular flexibility index (Phi) is 3.02. The van der Waals surface area contributed by atoms with E-state index in [4.69, 9.17) is 10.3 Å². The third-order valence-corrected chi connectivity index (χ3v) is 3.18. The van der Waals surface area contributed by atoms with Gasteiger partial charge in [-0.15, -0.1) is 11.3 Å². The van der Waals surface area contributed by atoms with Crippen molar-refractivity contribution in [1.29, 1.82) is 0 Å². The second-order valence-corrected chi connectivity index (χ2v) is 4.84. The van der Waals surface area contributed by atoms with Gasteiger partial charge in [0.05, 0.1) is 0 Å². The summed E-state index contributed by atoms with van der Waals surface area (Å²) in [6, 6.07) is -0.394. The summed E-state index contributed by atoms with van der Waals surface area (Å²) in [6.07, 6.45) is 0. The van der Waals surface area contributed by atoms with Crippen LogP contribution in [-0.2, 0) is 0 Å². The van der Waals surface area contributed by atoms with Crippen molar-refractivity contribution >= 4 is 11.3 Å². The molecule has 6 heteroatoms. The van der Waals surface area contributed by atoms with Gasteiger partial charge in [0.25, 0.3) is 0 Å². The van der Waals surface area contributed by atoms with Crippen LogP contribution in [0.3, 0.4) is 0 Å². The fourth-order valence-corrected chi connectivity index (χ4v) is 2.03. The van der Waals surface area contributed by atoms with Gasteiger partial charge < -0.3 is 10.3 Å². The predicted octanol–water partition coefficient (Wildman–Crippen LogP) is 2.01. The van der Waals surface area contributed by atoms with Crippen molar-refractivity contribution in [3.63, 3.8) is 0 Å². The van der Waals surface area contributed by atoms with Crippen molar-refractivity contribution in [3.05, 3.63) is 27.8 Å². The van der Waals surface area contributed by atoms with Crippen LogP contribution in [0.25, 0.3) is 0 Å². The number of aryl methyl sites for hydroxylation is 1. The SMILES string of the molecule is Cc1csc(C(N)c2noc(C(C)C)n2)n1. The molecule has 1 atom stereocenters. The van der Waals surface area contributed by atoms with Crippen molar-refractivity contribution in [2.45, 2.75) is 32.7 Å². The smallest absolute Gasteiger partial charge is 0.229 e. The standard InChI is InChI=1S/C10H14N4OS/c1-5(2)9-13-8(14-15-9)7(11)10-12-6(3)4-16-10/h4-5,7H,11H2,1-3H3. The highest BCUT2D eigenvalue weighted by Gasteiger charge is 2.19. The Hall–Kier alpha value is -1.27. The normalized spacial score (nSPS) is 13.3. The molecule has 16 heavy (non-hydrogen) atoms. The number of hydrogen-bond donors (Lipinski definition) is 1. The summed E-state index contributed by atoms with van der Waals surface area (Å²) in [6.45, 7) is 5.93. The number of nitrogens with two attached hydrogens (primary N) is 1. The Bertz CT molecular complexity index is 477. The van der Waals surface area contributed by atoms with E-state index in [0.29, 0.717) is 11.7 Å². The lowest BCUT2D eigenvalue weighted by atomic mass is 10.2. The molecular weight excluding hydrogens is 224 g/mol. The fourth-order valence-electron chi connectivity index (χ4n) is 1.23. The molecule has 0 radical (unpaired) electrons. The zero-order chi connectivity index (χ0) is 11.7. The van der Waals surface area contributed by atoms with Gasteiger partial charge in [-0.3, -0.25) is 0 Å². The first kappa shape index (κ1) is 11.2. The molecule has 0 bridgehead atoms. The van der Waals surface area contributed by atoms with Gasteiger partial charge in [0.15, 0.2) is 5.82 Å². The van der Waals surface area contributed by atoms with Gasteiger partial charge in [-0.25, -0.2) is 4.98 Å². The second kappa shape index (κ2) is 4.31. The van der Waals surface area contributed by atoms with E-state index < -0.39 is 6.04 Å². The number of aromatic nitrogens is 3. The van der Waals surface area contributed by atoms with E-state index >= 15 is 0 Å². The lowest BCUT2D eigenvalue weighted by molar-refractivity contribution is 0.359. The summed E-state index contributed by atoms with van der Waals surface area (Å²) in [5.74, 6) is 1.32. The van der Waals surface area contributed by atoms with E-state index in [1.165, 1.54) is 11.3 Å². The second-order valence-electron chi connectivity index (χ2n) is 3.95. The molecule has 0 aliphatic carbocycles. The molecule has 86 valence electrons. The zero-order valence-corrected chi connectivity index (χ0v) is 10.3. The van der Waals surface area contributed by atoms with Crippen LogP contribution in [0.5, 0.6) is 0 Å². The van der Waals surface area contributed by atoms with Crippen LogP contribution >= 0.6 is 11.3 Å². The number of hydrogen-bond acceptors (Lipinski definition) is 6. The summed E-state index contributed by atoms with van der Waals surface area (Å²) in [5.41, 5.74) is 6.97. The van der Waals surface area contributed by atoms with Crippen LogP contribution in [0.4, 0.5) is 0 Å². The van der Waals surface area contributed by atoms with Crippen molar-refractivity contribution in [2.24, 2.45) is 5.73 Å². The van der Waals surface area contributed by atoms with Crippen LogP contribution in [0.2, 0.25) is 0 Å². The number of nitrogens with zero attached hydrogens (tertiary/aromatic N) is 3. The zero-order valence-electron chi connectivity index (χ0n) is 9.47. The highest BCUT2D eigenvalue weighted by molar-refractivity contribution is 7.09. The van der Waals surface area contributed by atoms with E-state index in [0.717, 1.165) is 10.7 Å². The molecule has 2 N–H and O–H groups in total. The van der Waals surface area contributed by atoms with E-state index in [2.05, 4.69) is 15.1 Å². The minimum absolute atomic E-state index is 0.214. The monoisotopic (exact) mass is 238 g/mol. The topological polar surface area (TPSA) is 77.8 Å². The lowest BCUT2D eigenvalue weighted by Crippen LogP contribution is -2.13. The Morgan fingerprint density at radius 1 is 1.38 bits per heavy atom. The Morgan fingerprint density at radius 2 is 2.12 bits per heavy atom. The minimum Gasteiger partial charge on any atom is -0.339 e. The minimum atomic E-state index is -0.394. The van der Waals surface area contributed by atoms with Crippen molar-refractivity contribution < 1.29 is 4.52 Å². The predicted molar refractivity (Wildman–Crippen MR) is 61.3 cm³/mol. The highest BCUT2D eigenvalue weighted by Crippen LogP contribution is 2.22. The maximum Gasteiger partial charge on any atom is 0.229 e. The third-order valence-electron chi connectivity index (χ3n) is 2.13. The molecular formula is C10H14N4OS. The first-order valence-electron chi connectivity index (χ1n) is 5.09. The highest BCUT2D eigenvalue weighted by atomic mass is 32.1. The first-order valence-corrected chi connectivity index (χ1v) is 5.97. The number of thiazole rings is 1. The van der Waals surface area contributed by atoms with Crippen molar-refractivity contribution in [1.82, 2.24) is 15.1 Å². The fraction of sp³-hybridized carbons (Fsp3) is 0.500. The first-order chi connectivity index (χ1) is 7.58. The van der Waals surface area contributed by atoms with Crippen molar-refractivity contribution in [2.75, 3.05) is 0 Å². The van der Waals surface area contributed by atoms with Gasteiger partial charge in [0, 0.05) is 17.0 Å². The van der Waals surface area contributed by atoms with Gasteiger partial charge in [-0.05, 0) is 6.92 Å². The molecule has 0 fully saturated rings. The molecule has 2 rings (SSSR count). The molecule has 2 heterocycles. The molecule has 0 aliphatic rings. The Morgan fingerprint density at radius 3 is 2.62 bits per heavy atom. The molecule has 0 aromatic carbocycles. The molecule has 0 spiro atoms. The lowest BCUT2D eigenvalue weighted by Gasteiger charge is -2.01. The molecule has 0 saturated heterocycles. The van der Waals surface area contributed by atoms with Gasteiger partial charge in [0.1, 0.15) is 11.0 Å². The van der Waals surface area contributed by atoms with Gasteiger partial charge in [0.2, 0.25) is 5.89 Å². The van der Waals surface area contributed by atoms with Crippen LogP contribution in [0.1, 0.15) is 48.2 Å². The van der Waals surface area contributed by atoms with E-state index in [9.17, 15) is 0 Å². The average Bonchev–Trinajstić information content (AvgIpc) is 2.84. The van der Waals surface area contributed by atoms with Crippen LogP contribution in [0.15, 0.2) is 9.90 Å². The van der Waals surface area contributed by atoms with Crippen molar-refractivity contribution in [3.8, 4) is 0 Å². The molecule has 2 aromatic rings. The summed E-state index contributed by atoms with van der Waals surface area (Å²) >= 11 is 1.51. The quantitative estimate of drug-likeness (QED) is 0.885. The maximum atomic E-state index is 6.01. The van der Waals surface area contributed by atoms with Crippen LogP contribution in [0, 0.1) is 6.92 Å². The molecule has 0 aliphatic heterocycles. The third kappa shape index (κ3) is 2.12. The van der Waals surface area contributed by atoms with Crippen LogP contribution in [-0.4, -0.2) is 15.1 Å². The van der Waals surface area contributed by atoms with Gasteiger partial charge in [-0.1, -0.05) is 19.0 Å². The molecule has 2 aromatic heterocycles. The van der Waals surface area contributed by atoms with E-state index in [-0.39, 0.29) is 5.92 Å². The summed E-state index contributed by atoms with van der Waals surface area (Å²) in [4.78, 5) is 8.57. The molecule has 5 nitrogen and oxygen atoms in total. The summed E-state index contributed by atoms with van der Waals surface area (Å²) in [7, 11) is 0. The largest absolute Gasteiger partial charge is 0.339 e. The average molecular weight is 238 g/mol. The summed E-state index contributed by atoms with van der Waals surface area (Å²) in [5, 5.41) is 6.65. The molecule has 0 saturated carbocycles. The van der Waals surface area contributed by atoms with Gasteiger partial charge in [-0.2, -0.15) is 4.98 Å². The van der Waals surface area contributed by atoms with E-state index in [1.54, 1.807) is 0 Å². The van der Waals surface area contributed by atoms with Crippen LogP contribution < -0.4 is 5.73 Å². The Balaban J connectivity index is 2.23. The summed E-state index contributed by atoms with van der Waals surface area (Å²) < 4.78 is 5.11. The number of rotatable bonds is 3. The van der Waals surface area contributed by atoms with E-state index in [1.807, 2.05) is 26.2 Å². The maximum absolute atomic E-state index is 6.01. The molecule has 0 amide bonds. The Labute approximate surface area is 97.7 Å². The molecule has 1 unspecified atom stereocenters.